The summed E-state index contributed by atoms with van der Waals surface area (Å²) in [7, 11) is 0. The first-order valence-corrected chi connectivity index (χ1v) is 5.16. The minimum absolute atomic E-state index is 1.10. The van der Waals surface area contributed by atoms with Gasteiger partial charge in [-0.3, -0.25) is 4.90 Å². The Bertz CT molecular complexity index is 280. The van der Waals surface area contributed by atoms with E-state index in [0.29, 0.717) is 0 Å². The molecule has 1 aliphatic rings. The highest BCUT2D eigenvalue weighted by Gasteiger charge is 2.14. The van der Waals surface area contributed by atoms with Gasteiger partial charge in [0.2, 0.25) is 0 Å². The van der Waals surface area contributed by atoms with E-state index in [1.165, 1.54) is 16.7 Å². The van der Waals surface area contributed by atoms with Gasteiger partial charge in [-0.2, -0.15) is 0 Å². The van der Waals surface area contributed by atoms with Gasteiger partial charge >= 0.3 is 0 Å². The lowest BCUT2D eigenvalue weighted by molar-refractivity contribution is 0.232. The maximum Gasteiger partial charge on any atom is 0.0388 e. The molecule has 0 aromatic carbocycles. The maximum atomic E-state index is 3.49. The molecule has 0 saturated heterocycles. The average molecular weight is 229 g/mol. The van der Waals surface area contributed by atoms with Crippen LogP contribution in [0.4, 0.5) is 0 Å². The van der Waals surface area contributed by atoms with Crippen LogP contribution in [-0.4, -0.2) is 22.6 Å². The molecular weight excluding hydrogens is 216 g/mol. The Labute approximate surface area is 81.3 Å². The molecule has 0 aliphatic carbocycles. The Kier molecular flexibility index (Phi) is 2.24. The zero-order chi connectivity index (χ0) is 8.55. The SMILES string of the molecule is CCN1CCn2cc(Br)cc2C1. The lowest BCUT2D eigenvalue weighted by Gasteiger charge is -2.26. The second-order valence-electron chi connectivity index (χ2n) is 3.21. The third-order valence-electron chi connectivity index (χ3n) is 2.44. The van der Waals surface area contributed by atoms with Crippen LogP contribution in [0.5, 0.6) is 0 Å². The molecule has 0 radical (unpaired) electrons. The van der Waals surface area contributed by atoms with Crippen molar-refractivity contribution in [3.63, 3.8) is 0 Å². The number of fused-ring (bicyclic) bond motifs is 1. The Balaban J connectivity index is 2.22. The third kappa shape index (κ3) is 1.43. The van der Waals surface area contributed by atoms with E-state index in [0.717, 1.165) is 19.6 Å². The number of hydrogen-bond donors (Lipinski definition) is 0. The zero-order valence-electron chi connectivity index (χ0n) is 7.26. The first-order valence-electron chi connectivity index (χ1n) is 4.36. The van der Waals surface area contributed by atoms with Crippen LogP contribution in [0.25, 0.3) is 0 Å². The second kappa shape index (κ2) is 3.23. The van der Waals surface area contributed by atoms with Gasteiger partial charge in [-0.1, -0.05) is 6.92 Å². The molecule has 3 heteroatoms. The van der Waals surface area contributed by atoms with E-state index in [1.807, 2.05) is 0 Å². The van der Waals surface area contributed by atoms with Gasteiger partial charge in [0.25, 0.3) is 0 Å². The van der Waals surface area contributed by atoms with Gasteiger partial charge in [-0.25, -0.2) is 0 Å². The Morgan fingerprint density at radius 3 is 3.08 bits per heavy atom. The summed E-state index contributed by atoms with van der Waals surface area (Å²) in [6.07, 6.45) is 2.17. The van der Waals surface area contributed by atoms with Crippen molar-refractivity contribution in [2.75, 3.05) is 13.1 Å². The van der Waals surface area contributed by atoms with Crippen molar-refractivity contribution in [1.29, 1.82) is 0 Å². The molecule has 2 nitrogen and oxygen atoms in total. The van der Waals surface area contributed by atoms with Crippen LogP contribution in [0.15, 0.2) is 16.7 Å². The average Bonchev–Trinajstić information content (AvgIpc) is 2.43. The maximum absolute atomic E-state index is 3.49. The van der Waals surface area contributed by atoms with Crippen molar-refractivity contribution in [3.05, 3.63) is 22.4 Å². The molecule has 1 aromatic rings. The number of nitrogens with zero attached hydrogens (tertiary/aromatic N) is 2. The summed E-state index contributed by atoms with van der Waals surface area (Å²) >= 11 is 3.49. The Morgan fingerprint density at radius 2 is 2.33 bits per heavy atom. The Hall–Kier alpha value is -0.280. The van der Waals surface area contributed by atoms with Crippen molar-refractivity contribution in [3.8, 4) is 0 Å². The molecule has 0 saturated carbocycles. The van der Waals surface area contributed by atoms with E-state index >= 15 is 0 Å². The lowest BCUT2D eigenvalue weighted by Crippen LogP contribution is -2.32. The fourth-order valence-electron chi connectivity index (χ4n) is 1.68. The largest absolute Gasteiger partial charge is 0.348 e. The number of hydrogen-bond acceptors (Lipinski definition) is 1. The molecule has 0 atom stereocenters. The predicted molar refractivity (Wildman–Crippen MR) is 53.1 cm³/mol. The molecule has 2 heterocycles. The fraction of sp³-hybridized carbons (Fsp3) is 0.556. The van der Waals surface area contributed by atoms with E-state index in [4.69, 9.17) is 0 Å². The van der Waals surface area contributed by atoms with Crippen LogP contribution in [0, 0.1) is 0 Å². The van der Waals surface area contributed by atoms with E-state index in [1.54, 1.807) is 0 Å². The van der Waals surface area contributed by atoms with Gasteiger partial charge in [0, 0.05) is 36.0 Å². The molecule has 0 N–H and O–H groups in total. The first kappa shape index (κ1) is 8.32. The van der Waals surface area contributed by atoms with Crippen molar-refractivity contribution in [1.82, 2.24) is 9.47 Å². The van der Waals surface area contributed by atoms with E-state index in [2.05, 4.69) is 44.6 Å². The molecule has 0 spiro atoms. The molecular formula is C9H13BrN2. The number of likely N-dealkylation sites (N-methyl/N-ethyl adjacent to an activating group) is 1. The summed E-state index contributed by atoms with van der Waals surface area (Å²) in [6, 6.07) is 2.21. The standard InChI is InChI=1S/C9H13BrN2/c1-2-11-3-4-12-6-8(10)5-9(12)7-11/h5-6H,2-4,7H2,1H3. The van der Waals surface area contributed by atoms with Crippen LogP contribution in [-0.2, 0) is 13.1 Å². The highest BCUT2D eigenvalue weighted by molar-refractivity contribution is 9.10. The summed E-state index contributed by atoms with van der Waals surface area (Å²) in [5.41, 5.74) is 1.43. The lowest BCUT2D eigenvalue weighted by atomic mass is 10.3. The smallest absolute Gasteiger partial charge is 0.0388 e. The van der Waals surface area contributed by atoms with Crippen LogP contribution < -0.4 is 0 Å². The number of rotatable bonds is 1. The molecule has 12 heavy (non-hydrogen) atoms. The summed E-state index contributed by atoms with van der Waals surface area (Å²) in [6.45, 7) is 6.79. The number of halogens is 1. The summed E-state index contributed by atoms with van der Waals surface area (Å²) in [5.74, 6) is 0. The topological polar surface area (TPSA) is 8.17 Å². The van der Waals surface area contributed by atoms with Crippen LogP contribution in [0.1, 0.15) is 12.6 Å². The van der Waals surface area contributed by atoms with E-state index in [9.17, 15) is 0 Å². The third-order valence-corrected chi connectivity index (χ3v) is 2.88. The summed E-state index contributed by atoms with van der Waals surface area (Å²) in [5, 5.41) is 0. The van der Waals surface area contributed by atoms with Gasteiger partial charge in [-0.15, -0.1) is 0 Å². The molecule has 1 aromatic heterocycles. The highest BCUT2D eigenvalue weighted by Crippen LogP contribution is 2.19. The summed E-state index contributed by atoms with van der Waals surface area (Å²) in [4.78, 5) is 2.46. The van der Waals surface area contributed by atoms with Gasteiger partial charge in [0.15, 0.2) is 0 Å². The Morgan fingerprint density at radius 1 is 1.50 bits per heavy atom. The molecule has 0 bridgehead atoms. The van der Waals surface area contributed by atoms with Crippen molar-refractivity contribution in [2.24, 2.45) is 0 Å². The quantitative estimate of drug-likeness (QED) is 0.715. The predicted octanol–water partition coefficient (Wildman–Crippen LogP) is 2.09. The highest BCUT2D eigenvalue weighted by atomic mass is 79.9. The minimum Gasteiger partial charge on any atom is -0.348 e. The van der Waals surface area contributed by atoms with Gasteiger partial charge in [-0.05, 0) is 28.5 Å². The monoisotopic (exact) mass is 228 g/mol. The van der Waals surface area contributed by atoms with Crippen molar-refractivity contribution < 1.29 is 0 Å². The molecule has 0 amide bonds. The molecule has 0 unspecified atom stereocenters. The van der Waals surface area contributed by atoms with E-state index < -0.39 is 0 Å². The van der Waals surface area contributed by atoms with Crippen molar-refractivity contribution >= 4 is 15.9 Å². The minimum atomic E-state index is 1.10. The van der Waals surface area contributed by atoms with E-state index in [-0.39, 0.29) is 0 Å². The fourth-order valence-corrected chi connectivity index (χ4v) is 2.19. The molecule has 2 rings (SSSR count). The van der Waals surface area contributed by atoms with Crippen molar-refractivity contribution in [2.45, 2.75) is 20.0 Å². The van der Waals surface area contributed by atoms with Crippen LogP contribution in [0.2, 0.25) is 0 Å². The second-order valence-corrected chi connectivity index (χ2v) is 4.13. The number of aromatic nitrogens is 1. The normalized spacial score (nSPS) is 17.8. The van der Waals surface area contributed by atoms with Crippen LogP contribution in [0.3, 0.4) is 0 Å². The van der Waals surface area contributed by atoms with Gasteiger partial charge in [0.1, 0.15) is 0 Å². The molecule has 1 aliphatic heterocycles. The summed E-state index contributed by atoms with van der Waals surface area (Å²) < 4.78 is 3.53. The van der Waals surface area contributed by atoms with Gasteiger partial charge in [0.05, 0.1) is 0 Å². The van der Waals surface area contributed by atoms with Crippen LogP contribution >= 0.6 is 15.9 Å². The molecule has 0 fully saturated rings. The zero-order valence-corrected chi connectivity index (χ0v) is 8.84. The molecule has 66 valence electrons. The van der Waals surface area contributed by atoms with Gasteiger partial charge < -0.3 is 4.57 Å². The first-order chi connectivity index (χ1) is 5.79.